The molecule has 6 heteroatoms. The lowest BCUT2D eigenvalue weighted by molar-refractivity contribution is -0.138. The van der Waals surface area contributed by atoms with Crippen molar-refractivity contribution < 1.29 is 14.3 Å². The van der Waals surface area contributed by atoms with Gasteiger partial charge in [-0.3, -0.25) is 10.1 Å². The minimum absolute atomic E-state index is 0.304. The molecule has 0 saturated carbocycles. The van der Waals surface area contributed by atoms with Gasteiger partial charge in [-0.1, -0.05) is 17.7 Å². The van der Waals surface area contributed by atoms with Crippen molar-refractivity contribution in [2.45, 2.75) is 17.8 Å². The van der Waals surface area contributed by atoms with Crippen LogP contribution in [0.2, 0.25) is 5.02 Å². The molecule has 1 aromatic rings. The van der Waals surface area contributed by atoms with Crippen molar-refractivity contribution in [3.63, 3.8) is 0 Å². The van der Waals surface area contributed by atoms with Gasteiger partial charge in [0.05, 0.1) is 4.87 Å². The molecule has 0 spiro atoms. The van der Waals surface area contributed by atoms with Crippen LogP contribution >= 0.6 is 23.4 Å². The maximum absolute atomic E-state index is 13.0. The second-order valence-corrected chi connectivity index (χ2v) is 5.85. The van der Waals surface area contributed by atoms with Crippen LogP contribution in [-0.2, 0) is 9.67 Å². The first-order valence-electron chi connectivity index (χ1n) is 5.02. The normalized spacial score (nSPS) is 28.3. The highest BCUT2D eigenvalue weighted by molar-refractivity contribution is 8.00. The van der Waals surface area contributed by atoms with Crippen LogP contribution in [0.1, 0.15) is 12.5 Å². The molecule has 2 rings (SSSR count). The molecule has 1 heterocycles. The third kappa shape index (κ3) is 2.41. The van der Waals surface area contributed by atoms with E-state index in [-0.39, 0.29) is 0 Å². The van der Waals surface area contributed by atoms with Gasteiger partial charge in [-0.05, 0) is 19.1 Å². The van der Waals surface area contributed by atoms with Crippen LogP contribution in [0.25, 0.3) is 0 Å². The third-order valence-corrected chi connectivity index (χ3v) is 4.46. The first-order valence-corrected chi connectivity index (χ1v) is 6.39. The molecule has 17 heavy (non-hydrogen) atoms. The molecule has 0 aromatic heterocycles. The van der Waals surface area contributed by atoms with E-state index in [2.05, 4.69) is 5.32 Å². The highest BCUT2D eigenvalue weighted by atomic mass is 35.5. The summed E-state index contributed by atoms with van der Waals surface area (Å²) in [5.41, 5.74) is 0.703. The van der Waals surface area contributed by atoms with E-state index >= 15 is 0 Å². The Hall–Kier alpha value is -0.780. The number of carboxylic acids is 1. The van der Waals surface area contributed by atoms with Gasteiger partial charge in [0, 0.05) is 16.3 Å². The lowest BCUT2D eigenvalue weighted by atomic mass is 10.1. The van der Waals surface area contributed by atoms with Crippen molar-refractivity contribution in [3.8, 4) is 0 Å². The van der Waals surface area contributed by atoms with Crippen molar-refractivity contribution in [2.24, 2.45) is 0 Å². The summed E-state index contributed by atoms with van der Waals surface area (Å²) in [6.45, 7) is 1.85. The Kier molecular flexibility index (Phi) is 3.34. The van der Waals surface area contributed by atoms with E-state index < -0.39 is 22.7 Å². The maximum atomic E-state index is 13.0. The van der Waals surface area contributed by atoms with Gasteiger partial charge >= 0.3 is 5.97 Å². The Morgan fingerprint density at radius 3 is 2.94 bits per heavy atom. The highest BCUT2D eigenvalue weighted by Gasteiger charge is 2.40. The van der Waals surface area contributed by atoms with Gasteiger partial charge < -0.3 is 5.11 Å². The summed E-state index contributed by atoms with van der Waals surface area (Å²) in [5.74, 6) is -0.834. The summed E-state index contributed by atoms with van der Waals surface area (Å²) in [7, 11) is 0. The smallest absolute Gasteiger partial charge is 0.321 e. The van der Waals surface area contributed by atoms with E-state index in [1.807, 2.05) is 6.92 Å². The number of aliphatic carboxylic acids is 1. The summed E-state index contributed by atoms with van der Waals surface area (Å²) < 4.78 is 13.0. The molecule has 2 atom stereocenters. The first kappa shape index (κ1) is 12.7. The molecular weight excluding hydrogens is 265 g/mol. The van der Waals surface area contributed by atoms with Crippen LogP contribution in [-0.4, -0.2) is 22.9 Å². The largest absolute Gasteiger partial charge is 0.480 e. The lowest BCUT2D eigenvalue weighted by Crippen LogP contribution is -2.41. The number of benzene rings is 1. The molecular formula is C11H11ClFNO2S. The third-order valence-electron chi connectivity index (χ3n) is 2.73. The number of carboxylic acid groups (broad SMARTS) is 1. The summed E-state index contributed by atoms with van der Waals surface area (Å²) in [5, 5.41) is 12.2. The zero-order valence-corrected chi connectivity index (χ0v) is 10.6. The minimum Gasteiger partial charge on any atom is -0.480 e. The molecule has 1 aliphatic rings. The predicted octanol–water partition coefficient (Wildman–Crippen LogP) is 2.44. The van der Waals surface area contributed by atoms with E-state index in [0.717, 1.165) is 0 Å². The van der Waals surface area contributed by atoms with Crippen molar-refractivity contribution in [3.05, 3.63) is 34.6 Å². The van der Waals surface area contributed by atoms with Crippen LogP contribution in [0.5, 0.6) is 0 Å². The quantitative estimate of drug-likeness (QED) is 0.870. The fraction of sp³-hybridized carbons (Fsp3) is 0.364. The van der Waals surface area contributed by atoms with Gasteiger partial charge in [0.1, 0.15) is 11.9 Å². The summed E-state index contributed by atoms with van der Waals surface area (Å²) in [6, 6.07) is 3.54. The average Bonchev–Trinajstić information content (AvgIpc) is 2.61. The number of halogens is 2. The van der Waals surface area contributed by atoms with E-state index in [4.69, 9.17) is 16.7 Å². The van der Waals surface area contributed by atoms with E-state index in [1.165, 1.54) is 23.9 Å². The molecule has 1 aliphatic heterocycles. The number of hydrogen-bond acceptors (Lipinski definition) is 3. The van der Waals surface area contributed by atoms with Crippen molar-refractivity contribution in [2.75, 3.05) is 5.75 Å². The predicted molar refractivity (Wildman–Crippen MR) is 65.8 cm³/mol. The number of rotatable bonds is 2. The standard InChI is InChI=1S/C11H11ClFNO2S/c1-11(14-9(5-17-11)10(15)16)7-3-2-6(13)4-8(7)12/h2-4,9,14H,5H2,1H3,(H,15,16). The van der Waals surface area contributed by atoms with Crippen LogP contribution in [0.15, 0.2) is 18.2 Å². The van der Waals surface area contributed by atoms with Crippen LogP contribution in [0.4, 0.5) is 4.39 Å². The molecule has 2 N–H and O–H groups in total. The molecule has 0 bridgehead atoms. The van der Waals surface area contributed by atoms with Crippen molar-refractivity contribution in [1.29, 1.82) is 0 Å². The number of thioether (sulfide) groups is 1. The Bertz CT molecular complexity index is 471. The molecule has 1 aromatic carbocycles. The molecule has 0 aliphatic carbocycles. The molecule has 2 unspecified atom stereocenters. The van der Waals surface area contributed by atoms with Crippen LogP contribution in [0, 0.1) is 5.82 Å². The summed E-state index contributed by atoms with van der Waals surface area (Å²) in [4.78, 5) is 10.3. The second-order valence-electron chi connectivity index (χ2n) is 4.00. The highest BCUT2D eigenvalue weighted by Crippen LogP contribution is 2.42. The molecule has 92 valence electrons. The molecule has 0 amide bonds. The SMILES string of the molecule is CC1(c2ccc(F)cc2Cl)NC(C(=O)O)CS1. The Morgan fingerprint density at radius 1 is 1.71 bits per heavy atom. The minimum atomic E-state index is -0.889. The average molecular weight is 276 g/mol. The molecule has 1 saturated heterocycles. The van der Waals surface area contributed by atoms with Crippen molar-refractivity contribution >= 4 is 29.3 Å². The Morgan fingerprint density at radius 2 is 2.41 bits per heavy atom. The lowest BCUT2D eigenvalue weighted by Gasteiger charge is -2.25. The van der Waals surface area contributed by atoms with E-state index in [1.54, 1.807) is 6.07 Å². The first-order chi connectivity index (χ1) is 7.92. The number of hydrogen-bond donors (Lipinski definition) is 2. The summed E-state index contributed by atoms with van der Waals surface area (Å²) in [6.07, 6.45) is 0. The second kappa shape index (κ2) is 4.48. The fourth-order valence-electron chi connectivity index (χ4n) is 1.83. The number of nitrogens with one attached hydrogen (secondary N) is 1. The fourth-order valence-corrected chi connectivity index (χ4v) is 3.53. The molecule has 1 fully saturated rings. The monoisotopic (exact) mass is 275 g/mol. The molecule has 3 nitrogen and oxygen atoms in total. The van der Waals surface area contributed by atoms with Crippen LogP contribution in [0.3, 0.4) is 0 Å². The van der Waals surface area contributed by atoms with Gasteiger partial charge in [0.15, 0.2) is 0 Å². The zero-order chi connectivity index (χ0) is 12.6. The van der Waals surface area contributed by atoms with E-state index in [0.29, 0.717) is 16.3 Å². The zero-order valence-electron chi connectivity index (χ0n) is 9.04. The number of carbonyl (C=O) groups is 1. The van der Waals surface area contributed by atoms with Gasteiger partial charge in [-0.15, -0.1) is 11.8 Å². The Balaban J connectivity index is 2.31. The van der Waals surface area contributed by atoms with Gasteiger partial charge in [0.2, 0.25) is 0 Å². The topological polar surface area (TPSA) is 49.3 Å². The Labute approximate surface area is 107 Å². The van der Waals surface area contributed by atoms with Gasteiger partial charge in [-0.2, -0.15) is 0 Å². The van der Waals surface area contributed by atoms with Crippen molar-refractivity contribution in [1.82, 2.24) is 5.32 Å². The van der Waals surface area contributed by atoms with Crippen LogP contribution < -0.4 is 5.32 Å². The van der Waals surface area contributed by atoms with Gasteiger partial charge in [-0.25, -0.2) is 4.39 Å². The summed E-state index contributed by atoms with van der Waals surface area (Å²) >= 11 is 7.44. The maximum Gasteiger partial charge on any atom is 0.321 e. The van der Waals surface area contributed by atoms with E-state index in [9.17, 15) is 9.18 Å². The van der Waals surface area contributed by atoms with Gasteiger partial charge in [0.25, 0.3) is 0 Å². The molecule has 0 radical (unpaired) electrons.